The highest BCUT2D eigenvalue weighted by molar-refractivity contribution is 5.83. The first-order valence-corrected chi connectivity index (χ1v) is 7.36. The van der Waals surface area contributed by atoms with E-state index in [4.69, 9.17) is 10.8 Å². The highest BCUT2D eigenvalue weighted by Crippen LogP contribution is 2.24. The lowest BCUT2D eigenvalue weighted by atomic mass is 9.86. The van der Waals surface area contributed by atoms with E-state index in [1.165, 1.54) is 4.90 Å². The summed E-state index contributed by atoms with van der Waals surface area (Å²) in [6.07, 6.45) is 2.43. The first kappa shape index (κ1) is 17.3. The molecule has 0 atom stereocenters. The van der Waals surface area contributed by atoms with Crippen LogP contribution in [0.1, 0.15) is 39.5 Å². The number of rotatable bonds is 6. The lowest BCUT2D eigenvalue weighted by Crippen LogP contribution is -2.49. The summed E-state index contributed by atoms with van der Waals surface area (Å²) in [5.41, 5.74) is 5.17. The number of carbonyl (C=O) groups is 3. The molecule has 0 aromatic heterocycles. The largest absolute Gasteiger partial charge is 0.481 e. The molecule has 0 aromatic carbocycles. The number of carboxylic acid groups (broad SMARTS) is 1. The molecule has 1 aliphatic rings. The maximum Gasteiger partial charge on any atom is 0.318 e. The van der Waals surface area contributed by atoms with E-state index in [0.29, 0.717) is 32.2 Å². The summed E-state index contributed by atoms with van der Waals surface area (Å²) < 4.78 is 0. The summed E-state index contributed by atoms with van der Waals surface area (Å²) in [4.78, 5) is 35.5. The first-order valence-electron chi connectivity index (χ1n) is 7.36. The summed E-state index contributed by atoms with van der Waals surface area (Å²) in [5.74, 6) is -1.39. The van der Waals surface area contributed by atoms with Gasteiger partial charge >= 0.3 is 12.0 Å². The predicted octanol–water partition coefficient (Wildman–Crippen LogP) is 0.783. The molecule has 0 aliphatic heterocycles. The van der Waals surface area contributed by atoms with Gasteiger partial charge in [0.05, 0.1) is 5.92 Å². The third-order valence-corrected chi connectivity index (χ3v) is 3.62. The van der Waals surface area contributed by atoms with Gasteiger partial charge < -0.3 is 21.1 Å². The van der Waals surface area contributed by atoms with Gasteiger partial charge in [-0.2, -0.15) is 0 Å². The zero-order valence-corrected chi connectivity index (χ0v) is 12.7. The number of hydrogen-bond donors (Lipinski definition) is 3. The van der Waals surface area contributed by atoms with Crippen LogP contribution in [0.2, 0.25) is 0 Å². The lowest BCUT2D eigenvalue weighted by Gasteiger charge is -2.30. The van der Waals surface area contributed by atoms with Crippen molar-refractivity contribution in [2.24, 2.45) is 17.6 Å². The lowest BCUT2D eigenvalue weighted by molar-refractivity contribution is -0.142. The van der Waals surface area contributed by atoms with Crippen LogP contribution in [-0.2, 0) is 9.59 Å². The number of hydrogen-bond acceptors (Lipinski definition) is 3. The fourth-order valence-corrected chi connectivity index (χ4v) is 2.60. The second-order valence-corrected chi connectivity index (χ2v) is 6.08. The number of nitrogens with one attached hydrogen (secondary N) is 1. The molecule has 21 heavy (non-hydrogen) atoms. The first-order chi connectivity index (χ1) is 9.79. The van der Waals surface area contributed by atoms with E-state index >= 15 is 0 Å². The number of urea groups is 1. The van der Waals surface area contributed by atoms with Crippen LogP contribution in [-0.4, -0.2) is 47.0 Å². The van der Waals surface area contributed by atoms with E-state index in [1.54, 1.807) is 0 Å². The van der Waals surface area contributed by atoms with Crippen molar-refractivity contribution in [2.75, 3.05) is 13.1 Å². The third kappa shape index (κ3) is 6.01. The van der Waals surface area contributed by atoms with E-state index < -0.39 is 11.9 Å². The highest BCUT2D eigenvalue weighted by atomic mass is 16.4. The zero-order valence-electron chi connectivity index (χ0n) is 12.7. The average Bonchev–Trinajstić information content (AvgIpc) is 2.37. The maximum atomic E-state index is 12.2. The molecule has 3 amide bonds. The SMILES string of the molecule is CC(C)CN(CC(N)=O)C(=O)NC1CCC(C(=O)O)CC1. The van der Waals surface area contributed by atoms with Crippen LogP contribution in [0.5, 0.6) is 0 Å². The Kier molecular flexibility index (Phi) is 6.45. The monoisotopic (exact) mass is 299 g/mol. The van der Waals surface area contributed by atoms with Crippen molar-refractivity contribution in [1.29, 1.82) is 0 Å². The van der Waals surface area contributed by atoms with Crippen LogP contribution < -0.4 is 11.1 Å². The number of nitrogens with two attached hydrogens (primary N) is 1. The van der Waals surface area contributed by atoms with Crippen molar-refractivity contribution in [3.8, 4) is 0 Å². The molecule has 7 nitrogen and oxygen atoms in total. The number of carbonyl (C=O) groups excluding carboxylic acids is 2. The van der Waals surface area contributed by atoms with Gasteiger partial charge in [-0.1, -0.05) is 13.8 Å². The summed E-state index contributed by atoms with van der Waals surface area (Å²) in [7, 11) is 0. The molecule has 1 fully saturated rings. The summed E-state index contributed by atoms with van der Waals surface area (Å²) >= 11 is 0. The van der Waals surface area contributed by atoms with Crippen LogP contribution in [0.4, 0.5) is 4.79 Å². The average molecular weight is 299 g/mol. The smallest absolute Gasteiger partial charge is 0.318 e. The van der Waals surface area contributed by atoms with Crippen molar-refractivity contribution in [3.05, 3.63) is 0 Å². The van der Waals surface area contributed by atoms with Crippen LogP contribution in [0.25, 0.3) is 0 Å². The van der Waals surface area contributed by atoms with Crippen molar-refractivity contribution in [3.63, 3.8) is 0 Å². The molecule has 4 N–H and O–H groups in total. The van der Waals surface area contributed by atoms with Gasteiger partial charge in [-0.25, -0.2) is 4.79 Å². The molecule has 7 heteroatoms. The van der Waals surface area contributed by atoms with Gasteiger partial charge in [-0.15, -0.1) is 0 Å². The van der Waals surface area contributed by atoms with E-state index in [2.05, 4.69) is 5.32 Å². The maximum absolute atomic E-state index is 12.2. The molecule has 0 saturated heterocycles. The molecule has 0 bridgehead atoms. The summed E-state index contributed by atoms with van der Waals surface area (Å²) in [6.45, 7) is 4.27. The summed E-state index contributed by atoms with van der Waals surface area (Å²) in [6, 6.07) is -0.336. The van der Waals surface area contributed by atoms with Crippen LogP contribution >= 0.6 is 0 Å². The Hall–Kier alpha value is -1.79. The molecule has 0 heterocycles. The van der Waals surface area contributed by atoms with Crippen molar-refractivity contribution in [1.82, 2.24) is 10.2 Å². The van der Waals surface area contributed by atoms with E-state index in [0.717, 1.165) is 0 Å². The Labute approximate surface area is 124 Å². The van der Waals surface area contributed by atoms with Gasteiger partial charge in [0.2, 0.25) is 5.91 Å². The molecule has 1 saturated carbocycles. The Morgan fingerprint density at radius 3 is 2.24 bits per heavy atom. The quantitative estimate of drug-likeness (QED) is 0.672. The highest BCUT2D eigenvalue weighted by Gasteiger charge is 2.28. The molecule has 1 aliphatic carbocycles. The Morgan fingerprint density at radius 1 is 1.24 bits per heavy atom. The van der Waals surface area contributed by atoms with Gasteiger partial charge in [0.1, 0.15) is 6.54 Å². The van der Waals surface area contributed by atoms with Crippen LogP contribution in [0, 0.1) is 11.8 Å². The van der Waals surface area contributed by atoms with E-state index in [1.807, 2.05) is 13.8 Å². The minimum atomic E-state index is -0.769. The van der Waals surface area contributed by atoms with E-state index in [-0.39, 0.29) is 30.5 Å². The van der Waals surface area contributed by atoms with Gasteiger partial charge in [0, 0.05) is 12.6 Å². The fraction of sp³-hybridized carbons (Fsp3) is 0.786. The van der Waals surface area contributed by atoms with Crippen LogP contribution in [0.15, 0.2) is 0 Å². The molecule has 0 spiro atoms. The van der Waals surface area contributed by atoms with Crippen molar-refractivity contribution < 1.29 is 19.5 Å². The number of nitrogens with zero attached hydrogens (tertiary/aromatic N) is 1. The zero-order chi connectivity index (χ0) is 16.0. The standard InChI is InChI=1S/C14H25N3O4/c1-9(2)7-17(8-12(15)18)14(21)16-11-5-3-10(4-6-11)13(19)20/h9-11H,3-8H2,1-2H3,(H2,15,18)(H,16,21)(H,19,20). The normalized spacial score (nSPS) is 21.9. The molecular weight excluding hydrogens is 274 g/mol. The Balaban J connectivity index is 2.49. The summed E-state index contributed by atoms with van der Waals surface area (Å²) in [5, 5.41) is 11.8. The molecule has 0 unspecified atom stereocenters. The Morgan fingerprint density at radius 2 is 1.81 bits per heavy atom. The molecule has 120 valence electrons. The van der Waals surface area contributed by atoms with Gasteiger partial charge in [-0.3, -0.25) is 9.59 Å². The second kappa shape index (κ2) is 7.85. The third-order valence-electron chi connectivity index (χ3n) is 3.62. The minimum absolute atomic E-state index is 0.0318. The van der Waals surface area contributed by atoms with E-state index in [9.17, 15) is 14.4 Å². The number of aliphatic carboxylic acids is 1. The predicted molar refractivity (Wildman–Crippen MR) is 77.5 cm³/mol. The van der Waals surface area contributed by atoms with Crippen molar-refractivity contribution in [2.45, 2.75) is 45.6 Å². The molecule has 0 aromatic rings. The molecule has 0 radical (unpaired) electrons. The number of carboxylic acids is 1. The fourth-order valence-electron chi connectivity index (χ4n) is 2.60. The second-order valence-electron chi connectivity index (χ2n) is 6.08. The van der Waals surface area contributed by atoms with Crippen LogP contribution in [0.3, 0.4) is 0 Å². The Bertz CT molecular complexity index is 390. The topological polar surface area (TPSA) is 113 Å². The van der Waals surface area contributed by atoms with Gasteiger partial charge in [-0.05, 0) is 31.6 Å². The molecular formula is C14H25N3O4. The van der Waals surface area contributed by atoms with Gasteiger partial charge in [0.15, 0.2) is 0 Å². The number of primary amides is 1. The number of amides is 3. The molecule has 1 rings (SSSR count). The minimum Gasteiger partial charge on any atom is -0.481 e. The van der Waals surface area contributed by atoms with Crippen molar-refractivity contribution >= 4 is 17.9 Å². The van der Waals surface area contributed by atoms with Gasteiger partial charge in [0.25, 0.3) is 0 Å².